The van der Waals surface area contributed by atoms with Crippen molar-refractivity contribution in [2.75, 3.05) is 39.2 Å². The highest BCUT2D eigenvalue weighted by atomic mass is 32.2. The monoisotopic (exact) mass is 438 g/mol. The Morgan fingerprint density at radius 2 is 2.10 bits per heavy atom. The first-order valence-corrected chi connectivity index (χ1v) is 11.3. The molecule has 2 aromatic rings. The fourth-order valence-electron chi connectivity index (χ4n) is 2.82. The van der Waals surface area contributed by atoms with Gasteiger partial charge in [0, 0.05) is 25.2 Å². The van der Waals surface area contributed by atoms with Crippen LogP contribution < -0.4 is 0 Å². The van der Waals surface area contributed by atoms with Crippen LogP contribution in [0.4, 0.5) is 0 Å². The molecule has 9 nitrogen and oxygen atoms in total. The minimum absolute atomic E-state index is 0.0945. The topological polar surface area (TPSA) is 104 Å². The summed E-state index contributed by atoms with van der Waals surface area (Å²) in [7, 11) is -2.30. The van der Waals surface area contributed by atoms with Crippen LogP contribution in [0.25, 0.3) is 11.4 Å². The largest absolute Gasteiger partial charge is 0.468 e. The maximum atomic E-state index is 13.0. The second kappa shape index (κ2) is 9.53. The van der Waals surface area contributed by atoms with E-state index in [-0.39, 0.29) is 16.6 Å². The lowest BCUT2D eigenvalue weighted by molar-refractivity contribution is -0.137. The Morgan fingerprint density at radius 3 is 2.79 bits per heavy atom. The molecule has 0 saturated carbocycles. The predicted octanol–water partition coefficient (Wildman–Crippen LogP) is 1.42. The molecule has 0 N–H and O–H groups in total. The fourth-order valence-corrected chi connectivity index (χ4v) is 5.05. The van der Waals surface area contributed by atoms with Crippen LogP contribution in [0, 0.1) is 0 Å². The van der Waals surface area contributed by atoms with Crippen LogP contribution in [0.5, 0.6) is 0 Å². The number of morpholine rings is 1. The second-order valence-electron chi connectivity index (χ2n) is 6.11. The highest BCUT2D eigenvalue weighted by molar-refractivity contribution is 7.99. The molecule has 1 saturated heterocycles. The van der Waals surface area contributed by atoms with Crippen LogP contribution in [0.3, 0.4) is 0 Å². The summed E-state index contributed by atoms with van der Waals surface area (Å²) in [6, 6.07) is 6.60. The van der Waals surface area contributed by atoms with Crippen molar-refractivity contribution < 1.29 is 22.7 Å². The number of carbonyl (C=O) groups excluding carboxylic acids is 1. The third-order valence-electron chi connectivity index (χ3n) is 4.28. The van der Waals surface area contributed by atoms with Gasteiger partial charge in [0.1, 0.15) is 0 Å². The number of methoxy groups -OCH3 is 1. The van der Waals surface area contributed by atoms with E-state index in [4.69, 9.17) is 4.74 Å². The number of esters is 1. The first-order chi connectivity index (χ1) is 14.0. The van der Waals surface area contributed by atoms with Crippen LogP contribution >= 0.6 is 11.8 Å². The van der Waals surface area contributed by atoms with Crippen molar-refractivity contribution in [3.8, 4) is 11.4 Å². The molecule has 29 heavy (non-hydrogen) atoms. The molecule has 0 atom stereocenters. The number of sulfonamides is 1. The standard InChI is InChI=1S/C18H22N4O5S2/c1-3-7-22-17(19-20-18(22)28-13-16(23)26-2)14-5-4-6-15(12-14)29(24,25)21-8-10-27-11-9-21/h3-6,12H,1,7-11,13H2,2H3. The summed E-state index contributed by atoms with van der Waals surface area (Å²) in [4.78, 5) is 11.6. The molecule has 0 unspecified atom stereocenters. The van der Waals surface area contributed by atoms with Gasteiger partial charge in [-0.3, -0.25) is 9.36 Å². The van der Waals surface area contributed by atoms with Gasteiger partial charge in [0.15, 0.2) is 11.0 Å². The van der Waals surface area contributed by atoms with Gasteiger partial charge in [0.25, 0.3) is 0 Å². The molecular formula is C18H22N4O5S2. The number of benzene rings is 1. The van der Waals surface area contributed by atoms with E-state index < -0.39 is 10.0 Å². The summed E-state index contributed by atoms with van der Waals surface area (Å²) in [5, 5.41) is 8.87. The summed E-state index contributed by atoms with van der Waals surface area (Å²) in [6.45, 7) is 5.58. The summed E-state index contributed by atoms with van der Waals surface area (Å²) in [6.07, 6.45) is 1.68. The van der Waals surface area contributed by atoms with Crippen molar-refractivity contribution in [1.29, 1.82) is 0 Å². The summed E-state index contributed by atoms with van der Waals surface area (Å²) < 4.78 is 39.0. The first kappa shape index (κ1) is 21.5. The zero-order valence-corrected chi connectivity index (χ0v) is 17.6. The van der Waals surface area contributed by atoms with E-state index in [0.717, 1.165) is 0 Å². The molecule has 0 radical (unpaired) electrons. The van der Waals surface area contributed by atoms with Gasteiger partial charge in [-0.1, -0.05) is 30.0 Å². The van der Waals surface area contributed by atoms with Gasteiger partial charge in [-0.25, -0.2) is 8.42 Å². The zero-order valence-electron chi connectivity index (χ0n) is 16.0. The molecule has 2 heterocycles. The van der Waals surface area contributed by atoms with Gasteiger partial charge in [0.05, 0.1) is 31.0 Å². The molecule has 0 bridgehead atoms. The lowest BCUT2D eigenvalue weighted by Gasteiger charge is -2.26. The highest BCUT2D eigenvalue weighted by Gasteiger charge is 2.27. The maximum absolute atomic E-state index is 13.0. The van der Waals surface area contributed by atoms with Crippen LogP contribution in [-0.2, 0) is 30.8 Å². The number of thioether (sulfide) groups is 1. The van der Waals surface area contributed by atoms with Gasteiger partial charge in [-0.2, -0.15) is 4.31 Å². The third kappa shape index (κ3) is 4.86. The van der Waals surface area contributed by atoms with E-state index in [1.54, 1.807) is 34.9 Å². The van der Waals surface area contributed by atoms with Crippen LogP contribution in [-0.4, -0.2) is 72.6 Å². The van der Waals surface area contributed by atoms with Gasteiger partial charge in [-0.05, 0) is 12.1 Å². The summed E-state index contributed by atoms with van der Waals surface area (Å²) in [5.74, 6) is 0.219. The smallest absolute Gasteiger partial charge is 0.316 e. The number of hydrogen-bond acceptors (Lipinski definition) is 8. The molecule has 1 aromatic heterocycles. The molecule has 1 aromatic carbocycles. The highest BCUT2D eigenvalue weighted by Crippen LogP contribution is 2.27. The lowest BCUT2D eigenvalue weighted by atomic mass is 10.2. The van der Waals surface area contributed by atoms with E-state index in [2.05, 4.69) is 21.5 Å². The Bertz CT molecular complexity index is 984. The number of allylic oxidation sites excluding steroid dienone is 1. The van der Waals surface area contributed by atoms with Crippen molar-refractivity contribution in [3.63, 3.8) is 0 Å². The average molecular weight is 439 g/mol. The van der Waals surface area contributed by atoms with Crippen molar-refractivity contribution in [1.82, 2.24) is 19.1 Å². The molecule has 0 amide bonds. The van der Waals surface area contributed by atoms with E-state index in [9.17, 15) is 13.2 Å². The molecule has 3 rings (SSSR count). The van der Waals surface area contributed by atoms with E-state index in [1.807, 2.05) is 0 Å². The molecular weight excluding hydrogens is 416 g/mol. The van der Waals surface area contributed by atoms with Crippen LogP contribution in [0.15, 0.2) is 47.0 Å². The van der Waals surface area contributed by atoms with E-state index >= 15 is 0 Å². The van der Waals surface area contributed by atoms with Gasteiger partial charge in [-0.15, -0.1) is 16.8 Å². The Hall–Kier alpha value is -2.21. The second-order valence-corrected chi connectivity index (χ2v) is 8.99. The zero-order chi connectivity index (χ0) is 20.9. The van der Waals surface area contributed by atoms with Crippen molar-refractivity contribution in [3.05, 3.63) is 36.9 Å². The van der Waals surface area contributed by atoms with E-state index in [1.165, 1.54) is 23.2 Å². The van der Waals surface area contributed by atoms with Gasteiger partial charge >= 0.3 is 5.97 Å². The van der Waals surface area contributed by atoms with Crippen molar-refractivity contribution in [2.45, 2.75) is 16.6 Å². The fraction of sp³-hybridized carbons (Fsp3) is 0.389. The molecule has 156 valence electrons. The number of carbonyl (C=O) groups is 1. The normalized spacial score (nSPS) is 15.2. The predicted molar refractivity (Wildman–Crippen MR) is 108 cm³/mol. The number of aromatic nitrogens is 3. The molecule has 1 aliphatic rings. The quantitative estimate of drug-likeness (QED) is 0.346. The molecule has 0 aliphatic carbocycles. The van der Waals surface area contributed by atoms with Crippen LogP contribution in [0.1, 0.15) is 0 Å². The van der Waals surface area contributed by atoms with Crippen LogP contribution in [0.2, 0.25) is 0 Å². The Labute approximate surface area is 173 Å². The molecule has 0 spiro atoms. The molecule has 1 aliphatic heterocycles. The number of hydrogen-bond donors (Lipinski definition) is 0. The third-order valence-corrected chi connectivity index (χ3v) is 7.11. The maximum Gasteiger partial charge on any atom is 0.316 e. The van der Waals surface area contributed by atoms with E-state index in [0.29, 0.717) is 49.4 Å². The number of ether oxygens (including phenoxy) is 2. The van der Waals surface area contributed by atoms with Gasteiger partial charge in [0.2, 0.25) is 10.0 Å². The Kier molecular flexibility index (Phi) is 7.06. The first-order valence-electron chi connectivity index (χ1n) is 8.89. The molecule has 1 fully saturated rings. The Morgan fingerprint density at radius 1 is 1.34 bits per heavy atom. The summed E-state index contributed by atoms with van der Waals surface area (Å²) >= 11 is 1.19. The molecule has 11 heteroatoms. The average Bonchev–Trinajstić information content (AvgIpc) is 3.15. The SMILES string of the molecule is C=CCn1c(SCC(=O)OC)nnc1-c1cccc(S(=O)(=O)N2CCOCC2)c1. The van der Waals surface area contributed by atoms with Crippen molar-refractivity contribution >= 4 is 27.8 Å². The number of nitrogens with zero attached hydrogens (tertiary/aromatic N) is 4. The number of rotatable bonds is 8. The minimum Gasteiger partial charge on any atom is -0.468 e. The van der Waals surface area contributed by atoms with Gasteiger partial charge < -0.3 is 9.47 Å². The Balaban J connectivity index is 1.93. The lowest BCUT2D eigenvalue weighted by Crippen LogP contribution is -2.40. The minimum atomic E-state index is -3.63. The van der Waals surface area contributed by atoms with Crippen molar-refractivity contribution in [2.24, 2.45) is 0 Å². The summed E-state index contributed by atoms with van der Waals surface area (Å²) in [5.41, 5.74) is 0.610.